The third-order valence-electron chi connectivity index (χ3n) is 5.15. The Kier molecular flexibility index (Phi) is 5.04. The van der Waals surface area contributed by atoms with Crippen molar-refractivity contribution >= 4 is 16.9 Å². The Bertz CT molecular complexity index is 1010. The van der Waals surface area contributed by atoms with E-state index in [-0.39, 0.29) is 17.9 Å². The lowest BCUT2D eigenvalue weighted by molar-refractivity contribution is 0.0921. The maximum absolute atomic E-state index is 13.1. The molecular formula is C20H25N7O. The van der Waals surface area contributed by atoms with Crippen molar-refractivity contribution in [2.75, 3.05) is 13.1 Å². The minimum atomic E-state index is -0.226. The van der Waals surface area contributed by atoms with Gasteiger partial charge in [-0.3, -0.25) is 4.79 Å². The summed E-state index contributed by atoms with van der Waals surface area (Å²) in [5.41, 5.74) is 1.87. The maximum atomic E-state index is 13.1. The summed E-state index contributed by atoms with van der Waals surface area (Å²) in [5, 5.41) is 16.2. The van der Waals surface area contributed by atoms with Gasteiger partial charge in [0, 0.05) is 37.6 Å². The molecule has 0 unspecified atom stereocenters. The van der Waals surface area contributed by atoms with E-state index in [0.717, 1.165) is 43.1 Å². The van der Waals surface area contributed by atoms with Crippen LogP contribution in [0.5, 0.6) is 0 Å². The van der Waals surface area contributed by atoms with E-state index in [1.807, 2.05) is 25.1 Å². The van der Waals surface area contributed by atoms with E-state index in [1.54, 1.807) is 6.20 Å². The van der Waals surface area contributed by atoms with Gasteiger partial charge in [0.2, 0.25) is 0 Å². The zero-order chi connectivity index (χ0) is 19.7. The second kappa shape index (κ2) is 7.63. The van der Waals surface area contributed by atoms with Crippen LogP contribution in [0.25, 0.3) is 11.0 Å². The summed E-state index contributed by atoms with van der Waals surface area (Å²) in [5.74, 6) is 1.80. The number of hydrogen-bond acceptors (Lipinski definition) is 6. The molecular weight excluding hydrogens is 354 g/mol. The number of carbonyl (C=O) groups excluding carboxylic acids is 1. The summed E-state index contributed by atoms with van der Waals surface area (Å²) in [6.07, 6.45) is 2.54. The van der Waals surface area contributed by atoms with Gasteiger partial charge < -0.3 is 15.2 Å². The standard InChI is InChI=1S/C20H25N7O/c1-12(2)17(19-26-25-16-6-8-21-9-10-27(16)19)24-20(28)15-11-14-5-4-7-22-18(14)23-13(15)3/h4-5,7,11-12,17,21H,6,8-10H2,1-3H3,(H,24,28)/t17-/m0/s1. The fourth-order valence-corrected chi connectivity index (χ4v) is 3.60. The van der Waals surface area contributed by atoms with E-state index in [0.29, 0.717) is 16.9 Å². The van der Waals surface area contributed by atoms with Crippen LogP contribution in [-0.2, 0) is 13.0 Å². The van der Waals surface area contributed by atoms with Crippen molar-refractivity contribution in [3.63, 3.8) is 0 Å². The third-order valence-corrected chi connectivity index (χ3v) is 5.15. The molecule has 0 saturated carbocycles. The quantitative estimate of drug-likeness (QED) is 0.717. The van der Waals surface area contributed by atoms with Crippen molar-refractivity contribution in [2.24, 2.45) is 5.92 Å². The molecule has 0 saturated heterocycles. The van der Waals surface area contributed by atoms with Gasteiger partial charge in [-0.25, -0.2) is 9.97 Å². The van der Waals surface area contributed by atoms with Gasteiger partial charge in [-0.1, -0.05) is 13.8 Å². The molecule has 146 valence electrons. The van der Waals surface area contributed by atoms with Gasteiger partial charge in [0.05, 0.1) is 17.3 Å². The molecule has 3 aromatic rings. The molecule has 28 heavy (non-hydrogen) atoms. The van der Waals surface area contributed by atoms with Gasteiger partial charge in [0.1, 0.15) is 5.82 Å². The molecule has 8 nitrogen and oxygen atoms in total. The number of pyridine rings is 2. The van der Waals surface area contributed by atoms with Gasteiger partial charge in [-0.2, -0.15) is 0 Å². The minimum Gasteiger partial charge on any atom is -0.342 e. The van der Waals surface area contributed by atoms with Crippen LogP contribution >= 0.6 is 0 Å². The molecule has 4 heterocycles. The van der Waals surface area contributed by atoms with E-state index in [4.69, 9.17) is 0 Å². The topological polar surface area (TPSA) is 97.6 Å². The number of aromatic nitrogens is 5. The summed E-state index contributed by atoms with van der Waals surface area (Å²) < 4.78 is 2.14. The zero-order valence-electron chi connectivity index (χ0n) is 16.4. The highest BCUT2D eigenvalue weighted by Gasteiger charge is 2.27. The average Bonchev–Trinajstić information content (AvgIpc) is 2.92. The summed E-state index contributed by atoms with van der Waals surface area (Å²) >= 11 is 0. The van der Waals surface area contributed by atoms with Gasteiger partial charge in [-0.15, -0.1) is 10.2 Å². The normalized spacial score (nSPS) is 15.3. The average molecular weight is 379 g/mol. The van der Waals surface area contributed by atoms with Crippen LogP contribution < -0.4 is 10.6 Å². The largest absolute Gasteiger partial charge is 0.342 e. The first kappa shape index (κ1) is 18.5. The summed E-state index contributed by atoms with van der Waals surface area (Å²) in [6.45, 7) is 8.57. The first-order valence-corrected chi connectivity index (χ1v) is 9.70. The molecule has 0 bridgehead atoms. The van der Waals surface area contributed by atoms with Crippen molar-refractivity contribution in [1.82, 2.24) is 35.4 Å². The number of fused-ring (bicyclic) bond motifs is 2. The minimum absolute atomic E-state index is 0.154. The van der Waals surface area contributed by atoms with E-state index >= 15 is 0 Å². The predicted octanol–water partition coefficient (Wildman–Crippen LogP) is 1.80. The lowest BCUT2D eigenvalue weighted by Gasteiger charge is -2.23. The van der Waals surface area contributed by atoms with Crippen LogP contribution in [-0.4, -0.2) is 43.7 Å². The van der Waals surface area contributed by atoms with E-state index in [1.165, 1.54) is 0 Å². The second-order valence-electron chi connectivity index (χ2n) is 7.49. The Morgan fingerprint density at radius 3 is 2.96 bits per heavy atom. The first-order chi connectivity index (χ1) is 13.5. The molecule has 2 N–H and O–H groups in total. The lowest BCUT2D eigenvalue weighted by atomic mass is 10.0. The third kappa shape index (κ3) is 3.47. The molecule has 0 fully saturated rings. The van der Waals surface area contributed by atoms with Gasteiger partial charge in [0.25, 0.3) is 5.91 Å². The van der Waals surface area contributed by atoms with Crippen molar-refractivity contribution in [2.45, 2.75) is 39.8 Å². The van der Waals surface area contributed by atoms with Crippen molar-refractivity contribution in [3.05, 3.63) is 47.3 Å². The Morgan fingerprint density at radius 2 is 2.14 bits per heavy atom. The van der Waals surface area contributed by atoms with Crippen LogP contribution in [0.15, 0.2) is 24.4 Å². The molecule has 1 aliphatic rings. The van der Waals surface area contributed by atoms with Crippen LogP contribution in [0.3, 0.4) is 0 Å². The number of hydrogen-bond donors (Lipinski definition) is 2. The molecule has 3 aromatic heterocycles. The van der Waals surface area contributed by atoms with Crippen LogP contribution in [0.4, 0.5) is 0 Å². The zero-order valence-corrected chi connectivity index (χ0v) is 16.4. The van der Waals surface area contributed by atoms with Gasteiger partial charge in [0.15, 0.2) is 11.5 Å². The van der Waals surface area contributed by atoms with E-state index in [2.05, 4.69) is 49.2 Å². The molecule has 1 amide bonds. The van der Waals surface area contributed by atoms with Gasteiger partial charge >= 0.3 is 0 Å². The van der Waals surface area contributed by atoms with Crippen LogP contribution in [0.2, 0.25) is 0 Å². The smallest absolute Gasteiger partial charge is 0.253 e. The van der Waals surface area contributed by atoms with E-state index < -0.39 is 0 Å². The molecule has 0 radical (unpaired) electrons. The molecule has 0 aromatic carbocycles. The molecule has 4 rings (SSSR count). The van der Waals surface area contributed by atoms with Crippen molar-refractivity contribution in [1.29, 1.82) is 0 Å². The predicted molar refractivity (Wildman–Crippen MR) is 106 cm³/mol. The molecule has 0 aliphatic carbocycles. The summed E-state index contributed by atoms with van der Waals surface area (Å²) in [6, 6.07) is 5.39. The number of rotatable bonds is 4. The number of amides is 1. The Morgan fingerprint density at radius 1 is 1.29 bits per heavy atom. The highest BCUT2D eigenvalue weighted by atomic mass is 16.1. The van der Waals surface area contributed by atoms with E-state index in [9.17, 15) is 4.79 Å². The second-order valence-corrected chi connectivity index (χ2v) is 7.49. The fourth-order valence-electron chi connectivity index (χ4n) is 3.60. The molecule has 1 aliphatic heterocycles. The Labute approximate surface area is 163 Å². The first-order valence-electron chi connectivity index (χ1n) is 9.70. The summed E-state index contributed by atoms with van der Waals surface area (Å²) in [4.78, 5) is 21.9. The number of carbonyl (C=O) groups is 1. The van der Waals surface area contributed by atoms with Crippen LogP contribution in [0.1, 0.15) is 47.6 Å². The SMILES string of the molecule is Cc1nc2ncccc2cc1C(=O)N[C@H](c1nnc2n1CCNCC2)C(C)C. The van der Waals surface area contributed by atoms with Crippen LogP contribution in [0, 0.1) is 12.8 Å². The van der Waals surface area contributed by atoms with Crippen molar-refractivity contribution < 1.29 is 4.79 Å². The highest BCUT2D eigenvalue weighted by molar-refractivity contribution is 5.98. The Balaban J connectivity index is 1.65. The number of nitrogens with zero attached hydrogens (tertiary/aromatic N) is 5. The van der Waals surface area contributed by atoms with Crippen molar-refractivity contribution in [3.8, 4) is 0 Å². The maximum Gasteiger partial charge on any atom is 0.253 e. The highest BCUT2D eigenvalue weighted by Crippen LogP contribution is 2.23. The molecule has 8 heteroatoms. The van der Waals surface area contributed by atoms with Gasteiger partial charge in [-0.05, 0) is 31.0 Å². The lowest BCUT2D eigenvalue weighted by Crippen LogP contribution is -2.34. The number of aryl methyl sites for hydroxylation is 1. The molecule has 1 atom stereocenters. The fraction of sp³-hybridized carbons (Fsp3) is 0.450. The molecule has 0 spiro atoms. The number of nitrogens with one attached hydrogen (secondary N) is 2. The summed E-state index contributed by atoms with van der Waals surface area (Å²) in [7, 11) is 0. The Hall–Kier alpha value is -2.87. The monoisotopic (exact) mass is 379 g/mol.